The van der Waals surface area contributed by atoms with Crippen molar-refractivity contribution in [3.8, 4) is 0 Å². The van der Waals surface area contributed by atoms with Gasteiger partial charge in [-0.2, -0.15) is 0 Å². The van der Waals surface area contributed by atoms with Crippen LogP contribution >= 0.6 is 15.9 Å². The Labute approximate surface area is 175 Å². The van der Waals surface area contributed by atoms with E-state index in [0.29, 0.717) is 6.04 Å². The van der Waals surface area contributed by atoms with Gasteiger partial charge in [0, 0.05) is 33.7 Å². The quantitative estimate of drug-likeness (QED) is 0.497. The van der Waals surface area contributed by atoms with E-state index in [2.05, 4.69) is 80.8 Å². The number of aryl methyl sites for hydroxylation is 1. The van der Waals surface area contributed by atoms with Crippen molar-refractivity contribution in [2.45, 2.75) is 44.6 Å². The number of hydrogen-bond acceptors (Lipinski definition) is 1. The van der Waals surface area contributed by atoms with Crippen molar-refractivity contribution in [1.82, 2.24) is 10.3 Å². The molecule has 28 heavy (non-hydrogen) atoms. The summed E-state index contributed by atoms with van der Waals surface area (Å²) in [6, 6.07) is 18.1. The molecule has 2 aliphatic rings. The molecule has 2 nitrogen and oxygen atoms in total. The van der Waals surface area contributed by atoms with Crippen LogP contribution in [0.2, 0.25) is 0 Å². The lowest BCUT2D eigenvalue weighted by atomic mass is 9.82. The highest BCUT2D eigenvalue weighted by molar-refractivity contribution is 9.10. The van der Waals surface area contributed by atoms with Gasteiger partial charge in [-0.25, -0.2) is 0 Å². The van der Waals surface area contributed by atoms with Crippen LogP contribution in [0.1, 0.15) is 42.5 Å². The van der Waals surface area contributed by atoms with Crippen LogP contribution in [0.15, 0.2) is 59.1 Å². The fourth-order valence-corrected chi connectivity index (χ4v) is 5.38. The molecule has 3 heteroatoms. The van der Waals surface area contributed by atoms with Gasteiger partial charge in [0.05, 0.1) is 0 Å². The van der Waals surface area contributed by atoms with Crippen molar-refractivity contribution in [2.24, 2.45) is 5.92 Å². The second-order valence-corrected chi connectivity index (χ2v) is 9.28. The topological polar surface area (TPSA) is 27.8 Å². The second-order valence-electron chi connectivity index (χ2n) is 8.36. The first-order chi connectivity index (χ1) is 13.8. The Kier molecular flexibility index (Phi) is 5.13. The van der Waals surface area contributed by atoms with Gasteiger partial charge < -0.3 is 10.3 Å². The fraction of sp³-hybridized carbons (Fsp3) is 0.360. The monoisotopic (exact) mass is 434 g/mol. The van der Waals surface area contributed by atoms with Gasteiger partial charge in [0.1, 0.15) is 0 Å². The SMILES string of the molecule is Brc1ccc2c3c([nH]c2c1)CCC(CCC1CC(c2ccccc2)=CCN1)C3. The third-order valence-electron chi connectivity index (χ3n) is 6.54. The van der Waals surface area contributed by atoms with Crippen LogP contribution in [0.25, 0.3) is 16.5 Å². The Morgan fingerprint density at radius 2 is 1.89 bits per heavy atom. The molecule has 1 aliphatic carbocycles. The number of hydrogen-bond donors (Lipinski definition) is 2. The summed E-state index contributed by atoms with van der Waals surface area (Å²) in [7, 11) is 0. The smallest absolute Gasteiger partial charge is 0.0470 e. The van der Waals surface area contributed by atoms with E-state index in [1.165, 1.54) is 59.8 Å². The number of halogens is 1. The highest BCUT2D eigenvalue weighted by Gasteiger charge is 2.24. The largest absolute Gasteiger partial charge is 0.358 e. The predicted octanol–water partition coefficient (Wildman–Crippen LogP) is 6.26. The molecule has 2 unspecified atom stereocenters. The number of rotatable bonds is 4. The minimum Gasteiger partial charge on any atom is -0.358 e. The lowest BCUT2D eigenvalue weighted by Gasteiger charge is -2.28. The summed E-state index contributed by atoms with van der Waals surface area (Å²) >= 11 is 3.60. The molecule has 0 saturated heterocycles. The summed E-state index contributed by atoms with van der Waals surface area (Å²) in [6.45, 7) is 1.00. The van der Waals surface area contributed by atoms with Crippen molar-refractivity contribution in [1.29, 1.82) is 0 Å². The van der Waals surface area contributed by atoms with Gasteiger partial charge in [-0.1, -0.05) is 58.4 Å². The van der Waals surface area contributed by atoms with E-state index in [9.17, 15) is 0 Å². The Balaban J connectivity index is 1.22. The standard InChI is InChI=1S/C25H27BrN2/c26-20-8-10-22-23-14-17(7-11-24(23)28-25(22)16-20)6-9-21-15-19(12-13-27-21)18-4-2-1-3-5-18/h1-5,8,10,12,16-17,21,27-28H,6-7,9,11,13-15H2. The Morgan fingerprint density at radius 1 is 1.00 bits per heavy atom. The zero-order valence-electron chi connectivity index (χ0n) is 16.2. The molecule has 2 N–H and O–H groups in total. The Hall–Kier alpha value is -1.84. The molecule has 144 valence electrons. The maximum absolute atomic E-state index is 3.72. The van der Waals surface area contributed by atoms with E-state index in [-0.39, 0.29) is 0 Å². The predicted molar refractivity (Wildman–Crippen MR) is 122 cm³/mol. The maximum atomic E-state index is 3.72. The normalized spacial score (nSPS) is 22.1. The van der Waals surface area contributed by atoms with Crippen molar-refractivity contribution >= 4 is 32.4 Å². The molecule has 2 atom stereocenters. The average molecular weight is 435 g/mol. The third-order valence-corrected chi connectivity index (χ3v) is 7.03. The summed E-state index contributed by atoms with van der Waals surface area (Å²) in [6.07, 6.45) is 9.85. The minimum absolute atomic E-state index is 0.612. The summed E-state index contributed by atoms with van der Waals surface area (Å²) in [5.74, 6) is 0.808. The van der Waals surface area contributed by atoms with Crippen molar-refractivity contribution in [3.05, 3.63) is 75.9 Å². The van der Waals surface area contributed by atoms with Crippen LogP contribution in [0.5, 0.6) is 0 Å². The van der Waals surface area contributed by atoms with Gasteiger partial charge in [-0.3, -0.25) is 0 Å². The van der Waals surface area contributed by atoms with Gasteiger partial charge in [0.15, 0.2) is 0 Å². The minimum atomic E-state index is 0.612. The van der Waals surface area contributed by atoms with Crippen LogP contribution in [0, 0.1) is 5.92 Å². The van der Waals surface area contributed by atoms with Crippen molar-refractivity contribution in [3.63, 3.8) is 0 Å². The van der Waals surface area contributed by atoms with Crippen LogP contribution in [-0.2, 0) is 12.8 Å². The van der Waals surface area contributed by atoms with E-state index >= 15 is 0 Å². The summed E-state index contributed by atoms with van der Waals surface area (Å²) in [4.78, 5) is 3.66. The summed E-state index contributed by atoms with van der Waals surface area (Å²) in [5, 5.41) is 5.14. The first-order valence-electron chi connectivity index (χ1n) is 10.5. The molecule has 2 heterocycles. The molecule has 5 rings (SSSR count). The van der Waals surface area contributed by atoms with Gasteiger partial charge >= 0.3 is 0 Å². The molecule has 1 aromatic heterocycles. The number of aromatic nitrogens is 1. The highest BCUT2D eigenvalue weighted by Crippen LogP contribution is 2.35. The van der Waals surface area contributed by atoms with E-state index in [4.69, 9.17) is 0 Å². The lowest BCUT2D eigenvalue weighted by Crippen LogP contribution is -2.33. The van der Waals surface area contributed by atoms with Gasteiger partial charge in [-0.15, -0.1) is 0 Å². The van der Waals surface area contributed by atoms with Crippen LogP contribution in [0.3, 0.4) is 0 Å². The molecule has 0 amide bonds. The molecule has 3 aromatic rings. The van der Waals surface area contributed by atoms with Crippen LogP contribution in [-0.4, -0.2) is 17.6 Å². The second kappa shape index (κ2) is 7.88. The van der Waals surface area contributed by atoms with E-state index < -0.39 is 0 Å². The molecule has 0 radical (unpaired) electrons. The number of H-pyrrole nitrogens is 1. The zero-order chi connectivity index (χ0) is 18.9. The molecule has 0 saturated carbocycles. The first-order valence-corrected chi connectivity index (χ1v) is 11.3. The summed E-state index contributed by atoms with van der Waals surface area (Å²) in [5.41, 5.74) is 7.22. The molecular weight excluding hydrogens is 408 g/mol. The molecular formula is C25H27BrN2. The van der Waals surface area contributed by atoms with Crippen molar-refractivity contribution < 1.29 is 0 Å². The van der Waals surface area contributed by atoms with Gasteiger partial charge in [0.2, 0.25) is 0 Å². The Morgan fingerprint density at radius 3 is 2.79 bits per heavy atom. The van der Waals surface area contributed by atoms with Crippen LogP contribution in [0.4, 0.5) is 0 Å². The van der Waals surface area contributed by atoms with E-state index in [1.807, 2.05) is 0 Å². The highest BCUT2D eigenvalue weighted by atomic mass is 79.9. The average Bonchev–Trinajstić information content (AvgIpc) is 3.10. The molecule has 0 bridgehead atoms. The molecule has 2 aromatic carbocycles. The fourth-order valence-electron chi connectivity index (χ4n) is 5.01. The summed E-state index contributed by atoms with van der Waals surface area (Å²) < 4.78 is 1.15. The first kappa shape index (κ1) is 18.2. The number of aromatic amines is 1. The zero-order valence-corrected chi connectivity index (χ0v) is 17.8. The molecule has 0 fully saturated rings. The lowest BCUT2D eigenvalue weighted by molar-refractivity contribution is 0.374. The van der Waals surface area contributed by atoms with Crippen LogP contribution < -0.4 is 5.32 Å². The van der Waals surface area contributed by atoms with Gasteiger partial charge in [0.25, 0.3) is 0 Å². The third kappa shape index (κ3) is 3.70. The number of nitrogens with one attached hydrogen (secondary N) is 2. The molecule has 0 spiro atoms. The van der Waals surface area contributed by atoms with Gasteiger partial charge in [-0.05, 0) is 73.3 Å². The number of fused-ring (bicyclic) bond motifs is 3. The van der Waals surface area contributed by atoms with E-state index in [0.717, 1.165) is 23.4 Å². The number of benzene rings is 2. The van der Waals surface area contributed by atoms with E-state index in [1.54, 1.807) is 5.56 Å². The van der Waals surface area contributed by atoms with Crippen molar-refractivity contribution in [2.75, 3.05) is 6.54 Å². The molecule has 1 aliphatic heterocycles. The maximum Gasteiger partial charge on any atom is 0.0470 e. The Bertz CT molecular complexity index is 1000.